The van der Waals surface area contributed by atoms with Crippen LogP contribution in [0.4, 0.5) is 13.2 Å². The molecule has 2 fully saturated rings. The summed E-state index contributed by atoms with van der Waals surface area (Å²) in [5.74, 6) is 0.0269. The Bertz CT molecular complexity index is 421. The lowest BCUT2D eigenvalue weighted by Crippen LogP contribution is -2.51. The van der Waals surface area contributed by atoms with Crippen molar-refractivity contribution in [2.75, 3.05) is 45.8 Å². The van der Waals surface area contributed by atoms with Gasteiger partial charge in [0.25, 0.3) is 0 Å². The van der Waals surface area contributed by atoms with Crippen molar-refractivity contribution >= 4 is 11.8 Å². The minimum atomic E-state index is -4.20. The second kappa shape index (κ2) is 7.99. The standard InChI is InChI=1S/C15H24F3N3O2/c16-15(17,18)12-19-8-10-21(11-9-19)14(23)5-7-20-6-3-1-2-4-13(20)22/h1-12H2. The van der Waals surface area contributed by atoms with Crippen LogP contribution >= 0.6 is 0 Å². The van der Waals surface area contributed by atoms with Crippen LogP contribution in [0, 0.1) is 0 Å². The second-order valence-electron chi connectivity index (χ2n) is 6.21. The van der Waals surface area contributed by atoms with Gasteiger partial charge in [-0.3, -0.25) is 14.5 Å². The molecule has 0 spiro atoms. The highest BCUT2D eigenvalue weighted by Gasteiger charge is 2.32. The number of amides is 2. The number of hydrogen-bond acceptors (Lipinski definition) is 3. The molecule has 2 heterocycles. The molecule has 2 amide bonds. The summed E-state index contributed by atoms with van der Waals surface area (Å²) in [5, 5.41) is 0. The van der Waals surface area contributed by atoms with Crippen LogP contribution in [0.2, 0.25) is 0 Å². The zero-order chi connectivity index (χ0) is 16.9. The molecule has 8 heteroatoms. The zero-order valence-electron chi connectivity index (χ0n) is 13.3. The van der Waals surface area contributed by atoms with Gasteiger partial charge in [0.05, 0.1) is 6.54 Å². The van der Waals surface area contributed by atoms with Gasteiger partial charge in [0.2, 0.25) is 11.8 Å². The minimum Gasteiger partial charge on any atom is -0.342 e. The molecule has 0 radical (unpaired) electrons. The lowest BCUT2D eigenvalue weighted by atomic mass is 10.2. The number of piperazine rings is 1. The molecule has 2 rings (SSSR count). The Balaban J connectivity index is 1.71. The number of alkyl halides is 3. The highest BCUT2D eigenvalue weighted by Crippen LogP contribution is 2.18. The van der Waals surface area contributed by atoms with Gasteiger partial charge in [0.15, 0.2) is 0 Å². The normalized spacial score (nSPS) is 21.4. The van der Waals surface area contributed by atoms with E-state index < -0.39 is 12.7 Å². The van der Waals surface area contributed by atoms with Crippen molar-refractivity contribution in [1.82, 2.24) is 14.7 Å². The molecular weight excluding hydrogens is 311 g/mol. The zero-order valence-corrected chi connectivity index (χ0v) is 13.3. The topological polar surface area (TPSA) is 43.9 Å². The molecule has 2 aliphatic rings. The van der Waals surface area contributed by atoms with Crippen molar-refractivity contribution in [2.45, 2.75) is 38.3 Å². The van der Waals surface area contributed by atoms with E-state index in [9.17, 15) is 22.8 Å². The van der Waals surface area contributed by atoms with Crippen molar-refractivity contribution < 1.29 is 22.8 Å². The summed E-state index contributed by atoms with van der Waals surface area (Å²) in [5.41, 5.74) is 0. The Hall–Kier alpha value is -1.31. The van der Waals surface area contributed by atoms with Crippen LogP contribution in [0.5, 0.6) is 0 Å². The maximum atomic E-state index is 12.3. The fourth-order valence-corrected chi connectivity index (χ4v) is 3.07. The largest absolute Gasteiger partial charge is 0.401 e. The summed E-state index contributed by atoms with van der Waals surface area (Å²) < 4.78 is 37.0. The number of likely N-dealkylation sites (tertiary alicyclic amines) is 1. The number of hydrogen-bond donors (Lipinski definition) is 0. The average molecular weight is 335 g/mol. The fraction of sp³-hybridized carbons (Fsp3) is 0.867. The number of nitrogens with zero attached hydrogens (tertiary/aromatic N) is 3. The minimum absolute atomic E-state index is 0.0753. The molecular formula is C15H24F3N3O2. The van der Waals surface area contributed by atoms with Crippen LogP contribution in [0.1, 0.15) is 32.1 Å². The van der Waals surface area contributed by atoms with Crippen LogP contribution in [0.3, 0.4) is 0 Å². The first kappa shape index (κ1) is 18.0. The molecule has 0 N–H and O–H groups in total. The monoisotopic (exact) mass is 335 g/mol. The molecule has 0 aliphatic carbocycles. The van der Waals surface area contributed by atoms with Gasteiger partial charge in [0.1, 0.15) is 0 Å². The lowest BCUT2D eigenvalue weighted by Gasteiger charge is -2.35. The summed E-state index contributed by atoms with van der Waals surface area (Å²) in [4.78, 5) is 28.7. The highest BCUT2D eigenvalue weighted by molar-refractivity contribution is 5.79. The Morgan fingerprint density at radius 2 is 1.70 bits per heavy atom. The van der Waals surface area contributed by atoms with Crippen molar-refractivity contribution in [3.63, 3.8) is 0 Å². The number of rotatable bonds is 4. The average Bonchev–Trinajstić information content (AvgIpc) is 2.68. The number of halogens is 3. The third-order valence-corrected chi connectivity index (χ3v) is 4.39. The van der Waals surface area contributed by atoms with Gasteiger partial charge >= 0.3 is 6.18 Å². The van der Waals surface area contributed by atoms with Crippen LogP contribution in [0.15, 0.2) is 0 Å². The number of carbonyl (C=O) groups excluding carboxylic acids is 2. The number of carbonyl (C=O) groups is 2. The van der Waals surface area contributed by atoms with E-state index in [0.717, 1.165) is 19.3 Å². The molecule has 132 valence electrons. The molecule has 23 heavy (non-hydrogen) atoms. The predicted octanol–water partition coefficient (Wildman–Crippen LogP) is 1.49. The summed E-state index contributed by atoms with van der Waals surface area (Å²) >= 11 is 0. The Morgan fingerprint density at radius 1 is 1.00 bits per heavy atom. The van der Waals surface area contributed by atoms with Crippen molar-refractivity contribution in [2.24, 2.45) is 0 Å². The lowest BCUT2D eigenvalue weighted by molar-refractivity contribution is -0.151. The molecule has 0 unspecified atom stereocenters. The fourth-order valence-electron chi connectivity index (χ4n) is 3.07. The first-order valence-corrected chi connectivity index (χ1v) is 8.20. The van der Waals surface area contributed by atoms with Gasteiger partial charge < -0.3 is 9.80 Å². The van der Waals surface area contributed by atoms with E-state index in [0.29, 0.717) is 32.6 Å². The van der Waals surface area contributed by atoms with Crippen LogP contribution in [-0.4, -0.2) is 78.5 Å². The van der Waals surface area contributed by atoms with E-state index >= 15 is 0 Å². The molecule has 0 saturated carbocycles. The van der Waals surface area contributed by atoms with Gasteiger partial charge in [-0.15, -0.1) is 0 Å². The van der Waals surface area contributed by atoms with E-state index in [2.05, 4.69) is 0 Å². The molecule has 0 aromatic rings. The molecule has 5 nitrogen and oxygen atoms in total. The third kappa shape index (κ3) is 6.01. The molecule has 2 saturated heterocycles. The van der Waals surface area contributed by atoms with Gasteiger partial charge in [-0.2, -0.15) is 13.2 Å². The molecule has 2 aliphatic heterocycles. The maximum Gasteiger partial charge on any atom is 0.401 e. The van der Waals surface area contributed by atoms with Crippen molar-refractivity contribution in [3.8, 4) is 0 Å². The molecule has 0 atom stereocenters. The van der Waals surface area contributed by atoms with Crippen molar-refractivity contribution in [3.05, 3.63) is 0 Å². The van der Waals surface area contributed by atoms with Crippen LogP contribution in [-0.2, 0) is 9.59 Å². The SMILES string of the molecule is O=C1CCCCCN1CCC(=O)N1CCN(CC(F)(F)F)CC1. The first-order valence-electron chi connectivity index (χ1n) is 8.20. The second-order valence-corrected chi connectivity index (χ2v) is 6.21. The summed E-state index contributed by atoms with van der Waals surface area (Å²) in [6, 6.07) is 0. The Morgan fingerprint density at radius 3 is 2.35 bits per heavy atom. The maximum absolute atomic E-state index is 12.3. The van der Waals surface area contributed by atoms with Gasteiger partial charge in [-0.25, -0.2) is 0 Å². The van der Waals surface area contributed by atoms with Gasteiger partial charge in [-0.05, 0) is 12.8 Å². The summed E-state index contributed by atoms with van der Waals surface area (Å²) in [7, 11) is 0. The van der Waals surface area contributed by atoms with Crippen LogP contribution in [0.25, 0.3) is 0 Å². The van der Waals surface area contributed by atoms with Gasteiger partial charge in [0, 0.05) is 52.1 Å². The third-order valence-electron chi connectivity index (χ3n) is 4.39. The predicted molar refractivity (Wildman–Crippen MR) is 78.7 cm³/mol. The van der Waals surface area contributed by atoms with Gasteiger partial charge in [-0.1, -0.05) is 6.42 Å². The highest BCUT2D eigenvalue weighted by atomic mass is 19.4. The van der Waals surface area contributed by atoms with E-state index in [4.69, 9.17) is 0 Å². The Kier molecular flexibility index (Phi) is 6.26. The van der Waals surface area contributed by atoms with E-state index in [1.165, 1.54) is 4.90 Å². The molecule has 0 aromatic heterocycles. The smallest absolute Gasteiger partial charge is 0.342 e. The quantitative estimate of drug-likeness (QED) is 0.782. The van der Waals surface area contributed by atoms with E-state index in [-0.39, 0.29) is 31.3 Å². The summed E-state index contributed by atoms with van der Waals surface area (Å²) in [6.45, 7) is 1.33. The van der Waals surface area contributed by atoms with Crippen molar-refractivity contribution in [1.29, 1.82) is 0 Å². The molecule has 0 bridgehead atoms. The van der Waals surface area contributed by atoms with Crippen LogP contribution < -0.4 is 0 Å². The van der Waals surface area contributed by atoms with E-state index in [1.807, 2.05) is 0 Å². The first-order chi connectivity index (χ1) is 10.8. The summed E-state index contributed by atoms with van der Waals surface area (Å²) in [6.07, 6.45) is -0.480. The van der Waals surface area contributed by atoms with E-state index in [1.54, 1.807) is 9.80 Å². The molecule has 0 aromatic carbocycles. The Labute approximate surface area is 134 Å².